The molecule has 1 fully saturated rings. The Labute approximate surface area is 200 Å². The molecule has 0 bridgehead atoms. The van der Waals surface area contributed by atoms with Crippen molar-refractivity contribution in [2.45, 2.75) is 39.4 Å². The SMILES string of the molecule is COc1cc2c(N3CCCN(C(=O)OC(C)(C)C)CC3)ncnc2cc1OCc1ccccc1. The van der Waals surface area contributed by atoms with Crippen LogP contribution in [0.5, 0.6) is 11.5 Å². The Morgan fingerprint density at radius 1 is 1.00 bits per heavy atom. The van der Waals surface area contributed by atoms with E-state index in [1.54, 1.807) is 18.3 Å². The Bertz CT molecular complexity index is 1130. The number of carbonyl (C=O) groups excluding carboxylic acids is 1. The molecular weight excluding hydrogens is 432 g/mol. The van der Waals surface area contributed by atoms with Crippen LogP contribution in [-0.4, -0.2) is 59.9 Å². The fourth-order valence-corrected chi connectivity index (χ4v) is 3.95. The first-order valence-electron chi connectivity index (χ1n) is 11.6. The lowest BCUT2D eigenvalue weighted by atomic mass is 10.2. The molecular formula is C26H32N4O4. The average molecular weight is 465 g/mol. The monoisotopic (exact) mass is 464 g/mol. The number of nitrogens with zero attached hydrogens (tertiary/aromatic N) is 4. The van der Waals surface area contributed by atoms with Crippen LogP contribution in [0.4, 0.5) is 10.6 Å². The van der Waals surface area contributed by atoms with Gasteiger partial charge in [0.15, 0.2) is 11.5 Å². The third-order valence-electron chi connectivity index (χ3n) is 5.58. The zero-order chi connectivity index (χ0) is 24.1. The summed E-state index contributed by atoms with van der Waals surface area (Å²) < 4.78 is 17.2. The molecule has 4 rings (SSSR count). The first-order chi connectivity index (χ1) is 16.3. The van der Waals surface area contributed by atoms with Crippen molar-refractivity contribution in [3.8, 4) is 11.5 Å². The summed E-state index contributed by atoms with van der Waals surface area (Å²) in [7, 11) is 1.63. The number of benzene rings is 2. The highest BCUT2D eigenvalue weighted by Crippen LogP contribution is 2.35. The number of methoxy groups -OCH3 is 1. The Kier molecular flexibility index (Phi) is 7.05. The van der Waals surface area contributed by atoms with E-state index in [1.165, 1.54) is 0 Å². The quantitative estimate of drug-likeness (QED) is 0.543. The number of fused-ring (bicyclic) bond motifs is 1. The molecule has 8 heteroatoms. The summed E-state index contributed by atoms with van der Waals surface area (Å²) in [5, 5.41) is 0.886. The van der Waals surface area contributed by atoms with Gasteiger partial charge in [-0.2, -0.15) is 0 Å². The lowest BCUT2D eigenvalue weighted by Crippen LogP contribution is -2.39. The first-order valence-corrected chi connectivity index (χ1v) is 11.6. The van der Waals surface area contributed by atoms with E-state index in [0.29, 0.717) is 37.7 Å². The zero-order valence-electron chi connectivity index (χ0n) is 20.3. The van der Waals surface area contributed by atoms with Gasteiger partial charge < -0.3 is 24.0 Å². The van der Waals surface area contributed by atoms with Gasteiger partial charge in [0.2, 0.25) is 0 Å². The van der Waals surface area contributed by atoms with Crippen LogP contribution in [0.1, 0.15) is 32.8 Å². The Morgan fingerprint density at radius 3 is 2.53 bits per heavy atom. The smallest absolute Gasteiger partial charge is 0.410 e. The minimum absolute atomic E-state index is 0.274. The van der Waals surface area contributed by atoms with Gasteiger partial charge >= 0.3 is 6.09 Å². The van der Waals surface area contributed by atoms with E-state index in [4.69, 9.17) is 14.2 Å². The van der Waals surface area contributed by atoms with Crippen LogP contribution < -0.4 is 14.4 Å². The highest BCUT2D eigenvalue weighted by Gasteiger charge is 2.25. The molecule has 8 nitrogen and oxygen atoms in total. The summed E-state index contributed by atoms with van der Waals surface area (Å²) in [6, 6.07) is 13.8. The van der Waals surface area contributed by atoms with E-state index < -0.39 is 5.60 Å². The van der Waals surface area contributed by atoms with Crippen molar-refractivity contribution in [3.05, 3.63) is 54.4 Å². The molecule has 0 radical (unpaired) electrons. The van der Waals surface area contributed by atoms with Crippen molar-refractivity contribution in [1.82, 2.24) is 14.9 Å². The van der Waals surface area contributed by atoms with Gasteiger partial charge in [0.1, 0.15) is 24.4 Å². The lowest BCUT2D eigenvalue weighted by Gasteiger charge is -2.27. The van der Waals surface area contributed by atoms with Crippen LogP contribution >= 0.6 is 0 Å². The number of carbonyl (C=O) groups is 1. The molecule has 34 heavy (non-hydrogen) atoms. The summed E-state index contributed by atoms with van der Waals surface area (Å²) in [5.74, 6) is 2.09. The topological polar surface area (TPSA) is 77.0 Å². The van der Waals surface area contributed by atoms with Crippen LogP contribution in [0.2, 0.25) is 0 Å². The maximum Gasteiger partial charge on any atom is 0.410 e. The van der Waals surface area contributed by atoms with Gasteiger partial charge in [-0.1, -0.05) is 30.3 Å². The predicted molar refractivity (Wildman–Crippen MR) is 132 cm³/mol. The second-order valence-electron chi connectivity index (χ2n) is 9.30. The number of rotatable bonds is 5. The Morgan fingerprint density at radius 2 is 1.79 bits per heavy atom. The molecule has 2 heterocycles. The van der Waals surface area contributed by atoms with Gasteiger partial charge in [-0.3, -0.25) is 0 Å². The van der Waals surface area contributed by atoms with E-state index in [-0.39, 0.29) is 6.09 Å². The summed E-state index contributed by atoms with van der Waals surface area (Å²) >= 11 is 0. The summed E-state index contributed by atoms with van der Waals surface area (Å²) in [5.41, 5.74) is 1.34. The van der Waals surface area contributed by atoms with Gasteiger partial charge in [-0.05, 0) is 38.8 Å². The second-order valence-corrected chi connectivity index (χ2v) is 9.30. The molecule has 0 saturated carbocycles. The number of hydrogen-bond donors (Lipinski definition) is 0. The molecule has 0 N–H and O–H groups in total. The van der Waals surface area contributed by atoms with Gasteiger partial charge in [0.05, 0.1) is 12.6 Å². The Hall–Kier alpha value is -3.55. The van der Waals surface area contributed by atoms with Crippen molar-refractivity contribution in [1.29, 1.82) is 0 Å². The highest BCUT2D eigenvalue weighted by atomic mass is 16.6. The van der Waals surface area contributed by atoms with E-state index in [1.807, 2.05) is 63.2 Å². The molecule has 1 amide bonds. The molecule has 180 valence electrons. The largest absolute Gasteiger partial charge is 0.493 e. The minimum Gasteiger partial charge on any atom is -0.493 e. The van der Waals surface area contributed by atoms with E-state index in [9.17, 15) is 4.79 Å². The Balaban J connectivity index is 1.54. The predicted octanol–water partition coefficient (Wildman–Crippen LogP) is 4.66. The van der Waals surface area contributed by atoms with Crippen molar-refractivity contribution >= 4 is 22.8 Å². The average Bonchev–Trinajstić information content (AvgIpc) is 3.08. The lowest BCUT2D eigenvalue weighted by molar-refractivity contribution is 0.0263. The number of ether oxygens (including phenoxy) is 3. The van der Waals surface area contributed by atoms with Crippen LogP contribution in [0, 0.1) is 0 Å². The molecule has 1 aliphatic heterocycles. The van der Waals surface area contributed by atoms with Gasteiger partial charge in [-0.25, -0.2) is 14.8 Å². The van der Waals surface area contributed by atoms with Crippen molar-refractivity contribution in [2.75, 3.05) is 38.2 Å². The number of aromatic nitrogens is 2. The maximum absolute atomic E-state index is 12.5. The number of hydrogen-bond acceptors (Lipinski definition) is 7. The molecule has 0 aliphatic carbocycles. The summed E-state index contributed by atoms with van der Waals surface area (Å²) in [6.45, 7) is 8.73. The molecule has 1 saturated heterocycles. The number of amides is 1. The van der Waals surface area contributed by atoms with Crippen molar-refractivity contribution < 1.29 is 19.0 Å². The normalized spacial score (nSPS) is 14.6. The van der Waals surface area contributed by atoms with Crippen LogP contribution in [0.3, 0.4) is 0 Å². The fourth-order valence-electron chi connectivity index (χ4n) is 3.95. The van der Waals surface area contributed by atoms with Gasteiger partial charge in [0.25, 0.3) is 0 Å². The molecule has 1 aliphatic rings. The van der Waals surface area contributed by atoms with E-state index in [2.05, 4.69) is 14.9 Å². The minimum atomic E-state index is -0.511. The van der Waals surface area contributed by atoms with E-state index >= 15 is 0 Å². The molecule has 0 atom stereocenters. The van der Waals surface area contributed by atoms with E-state index in [0.717, 1.165) is 35.2 Å². The molecule has 0 spiro atoms. The maximum atomic E-state index is 12.5. The van der Waals surface area contributed by atoms with Crippen LogP contribution in [0.15, 0.2) is 48.8 Å². The molecule has 2 aromatic carbocycles. The summed E-state index contributed by atoms with van der Waals surface area (Å²) in [6.07, 6.45) is 2.12. The molecule has 1 aromatic heterocycles. The third kappa shape index (κ3) is 5.68. The fraction of sp³-hybridized carbons (Fsp3) is 0.423. The zero-order valence-corrected chi connectivity index (χ0v) is 20.3. The summed E-state index contributed by atoms with van der Waals surface area (Å²) in [4.78, 5) is 25.6. The standard InChI is InChI=1S/C26H32N4O4/c1-26(2,3)34-25(31)30-12-8-11-29(13-14-30)24-20-15-22(32-4)23(16-21(20)27-18-28-24)33-17-19-9-6-5-7-10-19/h5-7,9-10,15-16,18H,8,11-14,17H2,1-4H3. The van der Waals surface area contributed by atoms with Crippen LogP contribution in [-0.2, 0) is 11.3 Å². The van der Waals surface area contributed by atoms with Crippen molar-refractivity contribution in [3.63, 3.8) is 0 Å². The first kappa shape index (κ1) is 23.6. The molecule has 0 unspecified atom stereocenters. The number of anilines is 1. The van der Waals surface area contributed by atoms with Crippen LogP contribution in [0.25, 0.3) is 10.9 Å². The van der Waals surface area contributed by atoms with Gasteiger partial charge in [-0.15, -0.1) is 0 Å². The second kappa shape index (κ2) is 10.2. The van der Waals surface area contributed by atoms with Crippen molar-refractivity contribution in [2.24, 2.45) is 0 Å². The third-order valence-corrected chi connectivity index (χ3v) is 5.58. The van der Waals surface area contributed by atoms with Gasteiger partial charge in [0, 0.05) is 37.6 Å². The highest BCUT2D eigenvalue weighted by molar-refractivity contribution is 5.92. The molecule has 3 aromatic rings.